The Labute approximate surface area is 110 Å². The Morgan fingerprint density at radius 1 is 1.05 bits per heavy atom. The monoisotopic (exact) mass is 252 g/mol. The molecule has 0 saturated carbocycles. The highest BCUT2D eigenvalue weighted by atomic mass is 15.3. The summed E-state index contributed by atoms with van der Waals surface area (Å²) in [7, 11) is 1.81. The number of nitrogens with zero attached hydrogens (tertiary/aromatic N) is 5. The van der Waals surface area contributed by atoms with Gasteiger partial charge in [0.25, 0.3) is 0 Å². The molecular formula is C13H12N6. The second-order valence-corrected chi connectivity index (χ2v) is 4.10. The van der Waals surface area contributed by atoms with Crippen LogP contribution in [0.2, 0.25) is 0 Å². The Kier molecular flexibility index (Phi) is 2.68. The van der Waals surface area contributed by atoms with Gasteiger partial charge >= 0.3 is 0 Å². The predicted molar refractivity (Wildman–Crippen MR) is 71.9 cm³/mol. The van der Waals surface area contributed by atoms with Crippen molar-refractivity contribution in [3.8, 4) is 22.4 Å². The highest BCUT2D eigenvalue weighted by molar-refractivity contribution is 5.87. The summed E-state index contributed by atoms with van der Waals surface area (Å²) in [6, 6.07) is 3.82. The molecular weight excluding hydrogens is 240 g/mol. The van der Waals surface area contributed by atoms with Crippen molar-refractivity contribution in [1.29, 1.82) is 0 Å². The van der Waals surface area contributed by atoms with Crippen LogP contribution < -0.4 is 5.73 Å². The number of aryl methyl sites for hydroxylation is 1. The summed E-state index contributed by atoms with van der Waals surface area (Å²) >= 11 is 0. The Hall–Kier alpha value is -2.76. The number of hydrogen-bond acceptors (Lipinski definition) is 5. The van der Waals surface area contributed by atoms with Crippen LogP contribution in [0, 0.1) is 0 Å². The van der Waals surface area contributed by atoms with E-state index < -0.39 is 0 Å². The maximum absolute atomic E-state index is 6.10. The fraction of sp³-hybridized carbons (Fsp3) is 0.0769. The normalized spacial score (nSPS) is 10.6. The molecule has 0 fully saturated rings. The van der Waals surface area contributed by atoms with Gasteiger partial charge in [0.05, 0.1) is 5.56 Å². The molecule has 94 valence electrons. The number of pyridine rings is 1. The fourth-order valence-corrected chi connectivity index (χ4v) is 1.96. The van der Waals surface area contributed by atoms with Gasteiger partial charge in [0.15, 0.2) is 0 Å². The molecule has 0 radical (unpaired) electrons. The van der Waals surface area contributed by atoms with Crippen LogP contribution in [-0.4, -0.2) is 24.7 Å². The zero-order chi connectivity index (χ0) is 13.2. The van der Waals surface area contributed by atoms with E-state index in [9.17, 15) is 0 Å². The molecule has 6 nitrogen and oxygen atoms in total. The molecule has 0 unspecified atom stereocenters. The van der Waals surface area contributed by atoms with Crippen molar-refractivity contribution in [2.75, 3.05) is 5.73 Å². The predicted octanol–water partition coefficient (Wildman–Crippen LogP) is 1.52. The lowest BCUT2D eigenvalue weighted by Gasteiger charge is -2.03. The van der Waals surface area contributed by atoms with Crippen molar-refractivity contribution >= 4 is 5.82 Å². The fourth-order valence-electron chi connectivity index (χ4n) is 1.96. The molecule has 19 heavy (non-hydrogen) atoms. The third kappa shape index (κ3) is 1.93. The number of anilines is 1. The van der Waals surface area contributed by atoms with E-state index in [-0.39, 0.29) is 0 Å². The topological polar surface area (TPSA) is 82.5 Å². The van der Waals surface area contributed by atoms with Gasteiger partial charge in [-0.2, -0.15) is 5.10 Å². The van der Waals surface area contributed by atoms with Gasteiger partial charge in [-0.25, -0.2) is 9.97 Å². The first kappa shape index (κ1) is 11.3. The van der Waals surface area contributed by atoms with Crippen molar-refractivity contribution in [2.45, 2.75) is 0 Å². The standard InChI is InChI=1S/C13H12N6/c1-19-13(14)11(9-3-2-4-15-5-9)12(18-19)10-6-16-8-17-7-10/h2-8H,14H2,1H3. The number of nitrogen functional groups attached to an aromatic ring is 1. The average Bonchev–Trinajstić information content (AvgIpc) is 2.77. The third-order valence-electron chi connectivity index (χ3n) is 2.88. The van der Waals surface area contributed by atoms with E-state index in [1.54, 1.807) is 29.5 Å². The second-order valence-electron chi connectivity index (χ2n) is 4.10. The second kappa shape index (κ2) is 4.49. The van der Waals surface area contributed by atoms with Crippen LogP contribution >= 0.6 is 0 Å². The molecule has 0 aromatic carbocycles. The minimum absolute atomic E-state index is 0.590. The quantitative estimate of drug-likeness (QED) is 0.747. The van der Waals surface area contributed by atoms with Crippen LogP contribution in [-0.2, 0) is 7.05 Å². The number of aromatic nitrogens is 5. The SMILES string of the molecule is Cn1nc(-c2cncnc2)c(-c2cccnc2)c1N. The summed E-state index contributed by atoms with van der Waals surface area (Å²) in [5.74, 6) is 0.590. The smallest absolute Gasteiger partial charge is 0.129 e. The van der Waals surface area contributed by atoms with E-state index in [4.69, 9.17) is 5.73 Å². The average molecular weight is 252 g/mol. The van der Waals surface area contributed by atoms with Crippen molar-refractivity contribution < 1.29 is 0 Å². The summed E-state index contributed by atoms with van der Waals surface area (Å²) in [6.07, 6.45) is 8.41. The Bertz CT molecular complexity index is 690. The lowest BCUT2D eigenvalue weighted by atomic mass is 10.0. The minimum atomic E-state index is 0.590. The van der Waals surface area contributed by atoms with Gasteiger partial charge in [-0.05, 0) is 6.07 Å². The van der Waals surface area contributed by atoms with E-state index in [1.807, 2.05) is 19.2 Å². The summed E-state index contributed by atoms with van der Waals surface area (Å²) in [5.41, 5.74) is 9.47. The largest absolute Gasteiger partial charge is 0.383 e. The molecule has 3 heterocycles. The van der Waals surface area contributed by atoms with Crippen LogP contribution in [0.4, 0.5) is 5.82 Å². The van der Waals surface area contributed by atoms with Crippen LogP contribution in [0.3, 0.4) is 0 Å². The first-order chi connectivity index (χ1) is 9.27. The van der Waals surface area contributed by atoms with Gasteiger partial charge in [0, 0.05) is 43.0 Å². The minimum Gasteiger partial charge on any atom is -0.383 e. The lowest BCUT2D eigenvalue weighted by molar-refractivity contribution is 0.782. The molecule has 0 atom stereocenters. The van der Waals surface area contributed by atoms with Gasteiger partial charge in [0.1, 0.15) is 17.8 Å². The zero-order valence-electron chi connectivity index (χ0n) is 10.4. The number of rotatable bonds is 2. The Morgan fingerprint density at radius 2 is 1.79 bits per heavy atom. The summed E-state index contributed by atoms with van der Waals surface area (Å²) < 4.78 is 1.64. The molecule has 0 spiro atoms. The van der Waals surface area contributed by atoms with E-state index >= 15 is 0 Å². The molecule has 2 N–H and O–H groups in total. The molecule has 0 aliphatic heterocycles. The molecule has 6 heteroatoms. The summed E-state index contributed by atoms with van der Waals surface area (Å²) in [5, 5.41) is 4.44. The molecule has 3 rings (SSSR count). The number of hydrogen-bond donors (Lipinski definition) is 1. The lowest BCUT2D eigenvalue weighted by Crippen LogP contribution is -1.98. The van der Waals surface area contributed by atoms with E-state index in [0.717, 1.165) is 22.4 Å². The first-order valence-electron chi connectivity index (χ1n) is 5.75. The molecule has 0 aliphatic rings. The molecule has 0 saturated heterocycles. The van der Waals surface area contributed by atoms with Crippen LogP contribution in [0.15, 0.2) is 43.2 Å². The van der Waals surface area contributed by atoms with Crippen molar-refractivity contribution in [1.82, 2.24) is 24.7 Å². The van der Waals surface area contributed by atoms with Gasteiger partial charge in [0.2, 0.25) is 0 Å². The van der Waals surface area contributed by atoms with E-state index in [1.165, 1.54) is 6.33 Å². The van der Waals surface area contributed by atoms with Crippen molar-refractivity contribution in [3.05, 3.63) is 43.2 Å². The van der Waals surface area contributed by atoms with Gasteiger partial charge in [-0.1, -0.05) is 6.07 Å². The molecule has 0 amide bonds. The van der Waals surface area contributed by atoms with Gasteiger partial charge < -0.3 is 5.73 Å². The maximum atomic E-state index is 6.10. The van der Waals surface area contributed by atoms with Crippen LogP contribution in [0.25, 0.3) is 22.4 Å². The first-order valence-corrected chi connectivity index (χ1v) is 5.75. The summed E-state index contributed by atoms with van der Waals surface area (Å²) in [6.45, 7) is 0. The summed E-state index contributed by atoms with van der Waals surface area (Å²) in [4.78, 5) is 12.2. The molecule has 3 aromatic heterocycles. The molecule has 0 bridgehead atoms. The van der Waals surface area contributed by atoms with Crippen LogP contribution in [0.1, 0.15) is 0 Å². The van der Waals surface area contributed by atoms with Crippen LogP contribution in [0.5, 0.6) is 0 Å². The Balaban J connectivity index is 2.25. The third-order valence-corrected chi connectivity index (χ3v) is 2.88. The number of nitrogens with two attached hydrogens (primary N) is 1. The van der Waals surface area contributed by atoms with Crippen molar-refractivity contribution in [2.24, 2.45) is 7.05 Å². The van der Waals surface area contributed by atoms with Crippen molar-refractivity contribution in [3.63, 3.8) is 0 Å². The van der Waals surface area contributed by atoms with Gasteiger partial charge in [-0.3, -0.25) is 9.67 Å². The molecule has 3 aromatic rings. The van der Waals surface area contributed by atoms with E-state index in [0.29, 0.717) is 5.82 Å². The molecule has 0 aliphatic carbocycles. The zero-order valence-corrected chi connectivity index (χ0v) is 10.4. The van der Waals surface area contributed by atoms with E-state index in [2.05, 4.69) is 20.1 Å². The van der Waals surface area contributed by atoms with Gasteiger partial charge in [-0.15, -0.1) is 0 Å². The maximum Gasteiger partial charge on any atom is 0.129 e. The Morgan fingerprint density at radius 3 is 2.47 bits per heavy atom. The highest BCUT2D eigenvalue weighted by Crippen LogP contribution is 2.34. The highest BCUT2D eigenvalue weighted by Gasteiger charge is 2.17.